The molecule has 0 aliphatic heterocycles. The largest absolute Gasteiger partial charge is 0.477 e. The molecular formula is C7H8NO2S+. The van der Waals surface area contributed by atoms with Crippen LogP contribution in [0.2, 0.25) is 0 Å². The summed E-state index contributed by atoms with van der Waals surface area (Å²) in [6.45, 7) is -0.00590. The predicted octanol–water partition coefficient (Wildman–Crippen LogP) is 0.347. The maximum atomic E-state index is 10.2. The zero-order chi connectivity index (χ0) is 8.27. The van der Waals surface area contributed by atoms with E-state index in [0.717, 1.165) is 4.90 Å². The van der Waals surface area contributed by atoms with Crippen molar-refractivity contribution in [2.24, 2.45) is 0 Å². The second kappa shape index (κ2) is 3.39. The number of pyridine rings is 1. The fourth-order valence-electron chi connectivity index (χ4n) is 0.711. The highest BCUT2D eigenvalue weighted by Crippen LogP contribution is 1.98. The zero-order valence-corrected chi connectivity index (χ0v) is 6.66. The molecule has 0 bridgehead atoms. The fourth-order valence-corrected chi connectivity index (χ4v) is 0.844. The number of carboxylic acids is 1. The summed E-state index contributed by atoms with van der Waals surface area (Å²) in [5.74, 6) is -0.845. The van der Waals surface area contributed by atoms with Crippen LogP contribution in [0.15, 0.2) is 29.4 Å². The van der Waals surface area contributed by atoms with Crippen LogP contribution in [-0.4, -0.2) is 11.1 Å². The third-order valence-electron chi connectivity index (χ3n) is 1.19. The predicted molar refractivity (Wildman–Crippen MR) is 41.5 cm³/mol. The van der Waals surface area contributed by atoms with E-state index < -0.39 is 5.97 Å². The summed E-state index contributed by atoms with van der Waals surface area (Å²) in [5.41, 5.74) is 0. The summed E-state index contributed by atoms with van der Waals surface area (Å²) in [4.78, 5) is 11.0. The van der Waals surface area contributed by atoms with Crippen LogP contribution in [0.5, 0.6) is 0 Å². The highest BCUT2D eigenvalue weighted by Gasteiger charge is 2.04. The SMILES string of the molecule is O=C(O)C[n+]1ccc(S)cc1. The van der Waals surface area contributed by atoms with Gasteiger partial charge >= 0.3 is 5.97 Å². The lowest BCUT2D eigenvalue weighted by Gasteiger charge is -1.90. The summed E-state index contributed by atoms with van der Waals surface area (Å²) in [5, 5.41) is 8.40. The molecule has 1 rings (SSSR count). The van der Waals surface area contributed by atoms with E-state index in [2.05, 4.69) is 12.6 Å². The Labute approximate surface area is 69.7 Å². The fraction of sp³-hybridized carbons (Fsp3) is 0.143. The summed E-state index contributed by atoms with van der Waals surface area (Å²) in [6, 6.07) is 3.48. The Morgan fingerprint density at radius 2 is 2.09 bits per heavy atom. The van der Waals surface area contributed by atoms with Crippen molar-refractivity contribution < 1.29 is 14.5 Å². The number of nitrogens with zero attached hydrogens (tertiary/aromatic N) is 1. The number of aromatic nitrogens is 1. The van der Waals surface area contributed by atoms with Crippen LogP contribution < -0.4 is 4.57 Å². The molecule has 1 heterocycles. The van der Waals surface area contributed by atoms with Gasteiger partial charge in [-0.1, -0.05) is 0 Å². The van der Waals surface area contributed by atoms with E-state index in [4.69, 9.17) is 5.11 Å². The van der Waals surface area contributed by atoms with Gasteiger partial charge in [0.15, 0.2) is 12.4 Å². The molecule has 1 aromatic rings. The van der Waals surface area contributed by atoms with E-state index >= 15 is 0 Å². The molecule has 0 aliphatic rings. The second-order valence-corrected chi connectivity index (χ2v) is 2.64. The lowest BCUT2D eigenvalue weighted by molar-refractivity contribution is -0.686. The van der Waals surface area contributed by atoms with Crippen LogP contribution in [0.25, 0.3) is 0 Å². The molecule has 0 aromatic carbocycles. The van der Waals surface area contributed by atoms with Crippen molar-refractivity contribution in [3.63, 3.8) is 0 Å². The molecule has 4 heteroatoms. The zero-order valence-electron chi connectivity index (χ0n) is 5.77. The third-order valence-corrected chi connectivity index (χ3v) is 1.49. The number of aliphatic carboxylic acids is 1. The third kappa shape index (κ3) is 2.59. The molecule has 1 aromatic heterocycles. The number of hydrogen-bond acceptors (Lipinski definition) is 2. The summed E-state index contributed by atoms with van der Waals surface area (Å²) >= 11 is 4.06. The Hall–Kier alpha value is -1.03. The Morgan fingerprint density at radius 3 is 2.55 bits per heavy atom. The first-order valence-electron chi connectivity index (χ1n) is 3.08. The molecule has 0 spiro atoms. The van der Waals surface area contributed by atoms with Gasteiger partial charge in [-0.2, -0.15) is 4.57 Å². The van der Waals surface area contributed by atoms with Gasteiger partial charge in [0.1, 0.15) is 0 Å². The number of carbonyl (C=O) groups is 1. The van der Waals surface area contributed by atoms with Crippen LogP contribution in [-0.2, 0) is 11.3 Å². The van der Waals surface area contributed by atoms with E-state index in [1.165, 1.54) is 0 Å². The van der Waals surface area contributed by atoms with Gasteiger partial charge < -0.3 is 5.11 Å². The molecule has 0 saturated carbocycles. The van der Waals surface area contributed by atoms with Crippen LogP contribution in [0.4, 0.5) is 0 Å². The summed E-state index contributed by atoms with van der Waals surface area (Å²) in [6.07, 6.45) is 3.35. The maximum absolute atomic E-state index is 10.2. The minimum atomic E-state index is -0.845. The number of carboxylic acid groups (broad SMARTS) is 1. The molecular weight excluding hydrogens is 162 g/mol. The Morgan fingerprint density at radius 1 is 1.55 bits per heavy atom. The first-order chi connectivity index (χ1) is 5.18. The van der Waals surface area contributed by atoms with E-state index in [1.54, 1.807) is 29.1 Å². The van der Waals surface area contributed by atoms with Crippen LogP contribution in [0.1, 0.15) is 0 Å². The van der Waals surface area contributed by atoms with Crippen LogP contribution >= 0.6 is 12.6 Å². The first-order valence-corrected chi connectivity index (χ1v) is 3.53. The van der Waals surface area contributed by atoms with Gasteiger partial charge in [0, 0.05) is 17.0 Å². The smallest absolute Gasteiger partial charge is 0.370 e. The molecule has 0 amide bonds. The molecule has 11 heavy (non-hydrogen) atoms. The normalized spacial score (nSPS) is 9.55. The van der Waals surface area contributed by atoms with Crippen molar-refractivity contribution in [1.82, 2.24) is 0 Å². The number of hydrogen-bond donors (Lipinski definition) is 2. The Balaban J connectivity index is 2.74. The monoisotopic (exact) mass is 170 g/mol. The number of thiol groups is 1. The lowest BCUT2D eigenvalue weighted by atomic mass is 10.5. The summed E-state index contributed by atoms with van der Waals surface area (Å²) < 4.78 is 1.57. The van der Waals surface area contributed by atoms with E-state index in [-0.39, 0.29) is 6.54 Å². The van der Waals surface area contributed by atoms with Gasteiger partial charge in [-0.15, -0.1) is 12.6 Å². The Kier molecular flexibility index (Phi) is 2.48. The molecule has 0 radical (unpaired) electrons. The average Bonchev–Trinajstić information content (AvgIpc) is 1.93. The van der Waals surface area contributed by atoms with E-state index in [0.29, 0.717) is 0 Å². The van der Waals surface area contributed by atoms with E-state index in [9.17, 15) is 4.79 Å². The number of rotatable bonds is 2. The molecule has 58 valence electrons. The molecule has 0 fully saturated rings. The Bertz CT molecular complexity index is 258. The summed E-state index contributed by atoms with van der Waals surface area (Å²) in [7, 11) is 0. The molecule has 3 nitrogen and oxygen atoms in total. The average molecular weight is 170 g/mol. The standard InChI is InChI=1S/C7H7NO2S/c9-7(10)5-8-3-1-6(11)2-4-8/h1-4H,5H2,(H,9,10)/p+1. The van der Waals surface area contributed by atoms with E-state index in [1.807, 2.05) is 0 Å². The highest BCUT2D eigenvalue weighted by atomic mass is 32.1. The second-order valence-electron chi connectivity index (χ2n) is 2.12. The van der Waals surface area contributed by atoms with Crippen molar-refractivity contribution in [3.05, 3.63) is 24.5 Å². The lowest BCUT2D eigenvalue weighted by Crippen LogP contribution is -2.36. The van der Waals surface area contributed by atoms with Crippen LogP contribution in [0, 0.1) is 0 Å². The van der Waals surface area contributed by atoms with Gasteiger partial charge in [0.05, 0.1) is 0 Å². The highest BCUT2D eigenvalue weighted by molar-refractivity contribution is 7.80. The molecule has 0 atom stereocenters. The van der Waals surface area contributed by atoms with Gasteiger partial charge in [-0.25, -0.2) is 4.79 Å². The minimum Gasteiger partial charge on any atom is -0.477 e. The molecule has 0 unspecified atom stereocenters. The molecule has 0 saturated heterocycles. The van der Waals surface area contributed by atoms with Crippen molar-refractivity contribution in [3.8, 4) is 0 Å². The van der Waals surface area contributed by atoms with Gasteiger partial charge in [0.2, 0.25) is 6.54 Å². The van der Waals surface area contributed by atoms with Gasteiger partial charge in [-0.3, -0.25) is 0 Å². The van der Waals surface area contributed by atoms with Crippen molar-refractivity contribution in [2.45, 2.75) is 11.4 Å². The topological polar surface area (TPSA) is 41.2 Å². The van der Waals surface area contributed by atoms with Crippen molar-refractivity contribution in [1.29, 1.82) is 0 Å². The maximum Gasteiger partial charge on any atom is 0.370 e. The molecule has 1 N–H and O–H groups in total. The van der Waals surface area contributed by atoms with Crippen LogP contribution in [0.3, 0.4) is 0 Å². The van der Waals surface area contributed by atoms with Gasteiger partial charge in [-0.05, 0) is 0 Å². The van der Waals surface area contributed by atoms with Crippen molar-refractivity contribution in [2.75, 3.05) is 0 Å². The first kappa shape index (κ1) is 8.07. The van der Waals surface area contributed by atoms with Crippen molar-refractivity contribution >= 4 is 18.6 Å². The van der Waals surface area contributed by atoms with Gasteiger partial charge in [0.25, 0.3) is 0 Å². The molecule has 0 aliphatic carbocycles. The quantitative estimate of drug-likeness (QED) is 0.496. The minimum absolute atomic E-state index is 0.00590.